The van der Waals surface area contributed by atoms with Crippen molar-refractivity contribution >= 4 is 11.6 Å². The summed E-state index contributed by atoms with van der Waals surface area (Å²) in [5, 5.41) is 2.89. The number of carbonyl (C=O) groups is 1. The molecule has 1 aromatic carbocycles. The molecule has 0 fully saturated rings. The summed E-state index contributed by atoms with van der Waals surface area (Å²) in [4.78, 5) is 11.9. The van der Waals surface area contributed by atoms with Gasteiger partial charge in [0.2, 0.25) is 5.91 Å². The fraction of sp³-hybridized carbons (Fsp3) is 0.533. The van der Waals surface area contributed by atoms with Gasteiger partial charge in [-0.25, -0.2) is 0 Å². The molecule has 0 heterocycles. The van der Waals surface area contributed by atoms with Crippen LogP contribution in [0.25, 0.3) is 0 Å². The van der Waals surface area contributed by atoms with Crippen LogP contribution in [0.15, 0.2) is 24.3 Å². The van der Waals surface area contributed by atoms with Gasteiger partial charge in [0.1, 0.15) is 5.75 Å². The summed E-state index contributed by atoms with van der Waals surface area (Å²) < 4.78 is 5.60. The topological polar surface area (TPSA) is 64.3 Å². The molecular formula is C15H24N2O2. The fourth-order valence-electron chi connectivity index (χ4n) is 1.62. The van der Waals surface area contributed by atoms with Crippen LogP contribution < -0.4 is 15.8 Å². The molecule has 0 bridgehead atoms. The zero-order valence-electron chi connectivity index (χ0n) is 11.8. The fourth-order valence-corrected chi connectivity index (χ4v) is 1.62. The second kappa shape index (κ2) is 8.53. The van der Waals surface area contributed by atoms with E-state index in [-0.39, 0.29) is 5.91 Å². The Kier molecular flexibility index (Phi) is 6.97. The number of hydrogen-bond donors (Lipinski definition) is 2. The smallest absolute Gasteiger partial charge is 0.224 e. The van der Waals surface area contributed by atoms with E-state index < -0.39 is 0 Å². The number of hydrogen-bond acceptors (Lipinski definition) is 3. The quantitative estimate of drug-likeness (QED) is 0.759. The van der Waals surface area contributed by atoms with Crippen LogP contribution in [0.1, 0.15) is 33.1 Å². The molecule has 0 radical (unpaired) electrons. The average Bonchev–Trinajstić information content (AvgIpc) is 2.43. The molecule has 0 aromatic heterocycles. The van der Waals surface area contributed by atoms with Crippen molar-refractivity contribution in [2.75, 3.05) is 18.5 Å². The Balaban J connectivity index is 2.53. The van der Waals surface area contributed by atoms with Gasteiger partial charge in [-0.05, 0) is 37.4 Å². The van der Waals surface area contributed by atoms with Gasteiger partial charge in [0.25, 0.3) is 0 Å². The van der Waals surface area contributed by atoms with E-state index in [1.165, 1.54) is 0 Å². The zero-order chi connectivity index (χ0) is 14.1. The summed E-state index contributed by atoms with van der Waals surface area (Å²) in [6, 6.07) is 7.51. The highest BCUT2D eigenvalue weighted by Crippen LogP contribution is 2.24. The normalized spacial score (nSPS) is 11.9. The summed E-state index contributed by atoms with van der Waals surface area (Å²) in [5.41, 5.74) is 6.28. The number of benzene rings is 1. The SMILES string of the molecule is CCCOc1ccccc1NC(=O)CCC(C)CN. The molecule has 3 N–H and O–H groups in total. The molecule has 106 valence electrons. The standard InChI is InChI=1S/C15H24N2O2/c1-3-10-19-14-7-5-4-6-13(14)17-15(18)9-8-12(2)11-16/h4-7,12H,3,8-11,16H2,1-2H3,(H,17,18). The van der Waals surface area contributed by atoms with Crippen molar-refractivity contribution in [2.24, 2.45) is 11.7 Å². The Morgan fingerprint density at radius 3 is 2.84 bits per heavy atom. The van der Waals surface area contributed by atoms with Crippen LogP contribution in [-0.4, -0.2) is 19.1 Å². The molecule has 19 heavy (non-hydrogen) atoms. The average molecular weight is 264 g/mol. The molecule has 0 aliphatic heterocycles. The maximum atomic E-state index is 11.9. The number of ether oxygens (including phenoxy) is 1. The van der Waals surface area contributed by atoms with Crippen LogP contribution >= 0.6 is 0 Å². The first-order valence-corrected chi connectivity index (χ1v) is 6.89. The van der Waals surface area contributed by atoms with Gasteiger partial charge in [-0.1, -0.05) is 26.0 Å². The van der Waals surface area contributed by atoms with Crippen LogP contribution in [0.3, 0.4) is 0 Å². The summed E-state index contributed by atoms with van der Waals surface area (Å²) in [7, 11) is 0. The number of anilines is 1. The van der Waals surface area contributed by atoms with Crippen LogP contribution in [0.4, 0.5) is 5.69 Å². The molecule has 0 saturated heterocycles. The number of para-hydroxylation sites is 2. The molecule has 0 saturated carbocycles. The molecule has 4 nitrogen and oxygen atoms in total. The number of carbonyl (C=O) groups excluding carboxylic acids is 1. The monoisotopic (exact) mass is 264 g/mol. The van der Waals surface area contributed by atoms with Gasteiger partial charge in [0.15, 0.2) is 0 Å². The molecule has 1 rings (SSSR count). The second-order valence-electron chi connectivity index (χ2n) is 4.77. The minimum atomic E-state index is 0.00727. The van der Waals surface area contributed by atoms with Crippen molar-refractivity contribution in [2.45, 2.75) is 33.1 Å². The molecule has 1 aromatic rings. The number of nitrogens with one attached hydrogen (secondary N) is 1. The van der Waals surface area contributed by atoms with Crippen LogP contribution in [-0.2, 0) is 4.79 Å². The van der Waals surface area contributed by atoms with Gasteiger partial charge < -0.3 is 15.8 Å². The van der Waals surface area contributed by atoms with Crippen LogP contribution in [0.2, 0.25) is 0 Å². The molecule has 4 heteroatoms. The maximum absolute atomic E-state index is 11.9. The highest BCUT2D eigenvalue weighted by Gasteiger charge is 2.09. The van der Waals surface area contributed by atoms with Gasteiger partial charge in [-0.2, -0.15) is 0 Å². The van der Waals surface area contributed by atoms with Crippen LogP contribution in [0.5, 0.6) is 5.75 Å². The highest BCUT2D eigenvalue weighted by atomic mass is 16.5. The third kappa shape index (κ3) is 5.75. The second-order valence-corrected chi connectivity index (χ2v) is 4.77. The molecule has 0 aliphatic carbocycles. The third-order valence-corrected chi connectivity index (χ3v) is 2.89. The van der Waals surface area contributed by atoms with E-state index >= 15 is 0 Å². The molecule has 0 spiro atoms. The lowest BCUT2D eigenvalue weighted by Crippen LogP contribution is -2.16. The van der Waals surface area contributed by atoms with E-state index in [0.29, 0.717) is 25.5 Å². The predicted octanol–water partition coefficient (Wildman–Crippen LogP) is 2.79. The van der Waals surface area contributed by atoms with Gasteiger partial charge in [-0.3, -0.25) is 4.79 Å². The first kappa shape index (κ1) is 15.5. The minimum absolute atomic E-state index is 0.00727. The summed E-state index contributed by atoms with van der Waals surface area (Å²) in [6.07, 6.45) is 2.23. The van der Waals surface area contributed by atoms with Gasteiger partial charge in [0.05, 0.1) is 12.3 Å². The van der Waals surface area contributed by atoms with E-state index in [1.807, 2.05) is 31.2 Å². The largest absolute Gasteiger partial charge is 0.491 e. The molecule has 1 unspecified atom stereocenters. The number of rotatable bonds is 8. The highest BCUT2D eigenvalue weighted by molar-refractivity contribution is 5.92. The maximum Gasteiger partial charge on any atom is 0.224 e. The molecule has 1 atom stereocenters. The Morgan fingerprint density at radius 2 is 2.16 bits per heavy atom. The van der Waals surface area contributed by atoms with Crippen molar-refractivity contribution in [1.29, 1.82) is 0 Å². The summed E-state index contributed by atoms with van der Waals surface area (Å²) in [5.74, 6) is 1.11. The van der Waals surface area contributed by atoms with Crippen molar-refractivity contribution in [3.8, 4) is 5.75 Å². The van der Waals surface area contributed by atoms with Crippen molar-refractivity contribution < 1.29 is 9.53 Å². The number of amides is 1. The zero-order valence-corrected chi connectivity index (χ0v) is 11.8. The van der Waals surface area contributed by atoms with E-state index in [0.717, 1.165) is 24.3 Å². The number of nitrogens with two attached hydrogens (primary N) is 1. The predicted molar refractivity (Wildman–Crippen MR) is 78.3 cm³/mol. The summed E-state index contributed by atoms with van der Waals surface area (Å²) >= 11 is 0. The molecule has 0 aliphatic rings. The third-order valence-electron chi connectivity index (χ3n) is 2.89. The Hall–Kier alpha value is -1.55. The lowest BCUT2D eigenvalue weighted by atomic mass is 10.1. The Labute approximate surface area is 115 Å². The Morgan fingerprint density at radius 1 is 1.42 bits per heavy atom. The molecule has 1 amide bonds. The van der Waals surface area contributed by atoms with E-state index in [9.17, 15) is 4.79 Å². The first-order chi connectivity index (χ1) is 9.17. The van der Waals surface area contributed by atoms with E-state index in [2.05, 4.69) is 12.2 Å². The Bertz CT molecular complexity index is 393. The van der Waals surface area contributed by atoms with Crippen molar-refractivity contribution in [3.63, 3.8) is 0 Å². The first-order valence-electron chi connectivity index (χ1n) is 6.89. The summed E-state index contributed by atoms with van der Waals surface area (Å²) in [6.45, 7) is 5.36. The van der Waals surface area contributed by atoms with Crippen molar-refractivity contribution in [3.05, 3.63) is 24.3 Å². The lowest BCUT2D eigenvalue weighted by molar-refractivity contribution is -0.116. The van der Waals surface area contributed by atoms with Crippen molar-refractivity contribution in [1.82, 2.24) is 0 Å². The van der Waals surface area contributed by atoms with E-state index in [1.54, 1.807) is 0 Å². The molecular weight excluding hydrogens is 240 g/mol. The minimum Gasteiger partial charge on any atom is -0.491 e. The van der Waals surface area contributed by atoms with E-state index in [4.69, 9.17) is 10.5 Å². The van der Waals surface area contributed by atoms with Gasteiger partial charge in [-0.15, -0.1) is 0 Å². The lowest BCUT2D eigenvalue weighted by Gasteiger charge is -2.12. The van der Waals surface area contributed by atoms with Gasteiger partial charge in [0, 0.05) is 6.42 Å². The van der Waals surface area contributed by atoms with Crippen LogP contribution in [0, 0.1) is 5.92 Å². The van der Waals surface area contributed by atoms with Gasteiger partial charge >= 0.3 is 0 Å².